The van der Waals surface area contributed by atoms with Crippen LogP contribution in [0, 0.1) is 5.92 Å². The predicted octanol–water partition coefficient (Wildman–Crippen LogP) is 3.41. The van der Waals surface area contributed by atoms with Gasteiger partial charge in [-0.2, -0.15) is 0 Å². The van der Waals surface area contributed by atoms with Gasteiger partial charge in [0.1, 0.15) is 5.78 Å². The molecule has 1 aliphatic rings. The monoisotopic (exact) mass is 207 g/mol. The van der Waals surface area contributed by atoms with E-state index in [1.807, 2.05) is 24.3 Å². The van der Waals surface area contributed by atoms with Crippen LogP contribution >= 0.6 is 11.6 Å². The van der Waals surface area contributed by atoms with Gasteiger partial charge in [-0.25, -0.2) is 0 Å². The number of benzene rings is 1. The Bertz CT molecular complexity index is 346. The Morgan fingerprint density at radius 1 is 1.07 bits per heavy atom. The molecule has 0 unspecified atom stereocenters. The van der Waals surface area contributed by atoms with Crippen molar-refractivity contribution in [2.75, 3.05) is 0 Å². The lowest BCUT2D eigenvalue weighted by Crippen LogP contribution is -2.18. The van der Waals surface area contributed by atoms with Gasteiger partial charge in [0, 0.05) is 11.4 Å². The first kappa shape index (κ1) is 9.72. The fraction of sp³-hybridized carbons (Fsp3) is 0.333. The van der Waals surface area contributed by atoms with Gasteiger partial charge >= 0.3 is 0 Å². The van der Waals surface area contributed by atoms with Crippen molar-refractivity contribution in [2.24, 2.45) is 0 Å². The standard InChI is InChI=1S/C12H12ClO/c13-11-7-3-1-5-9(11)10-6-2-4-8-12(10)14/h1,3,5,7H,2,4,6,8H2. The molecule has 14 heavy (non-hydrogen) atoms. The summed E-state index contributed by atoms with van der Waals surface area (Å²) in [5.74, 6) is 1.19. The molecule has 1 fully saturated rings. The molecule has 0 amide bonds. The van der Waals surface area contributed by atoms with E-state index in [-0.39, 0.29) is 5.78 Å². The Labute approximate surface area is 89.1 Å². The van der Waals surface area contributed by atoms with E-state index >= 15 is 0 Å². The van der Waals surface area contributed by atoms with E-state index in [0.29, 0.717) is 11.4 Å². The van der Waals surface area contributed by atoms with Crippen LogP contribution in [0.3, 0.4) is 0 Å². The van der Waals surface area contributed by atoms with E-state index in [0.717, 1.165) is 30.7 Å². The number of rotatable bonds is 1. The van der Waals surface area contributed by atoms with Crippen molar-refractivity contribution in [1.82, 2.24) is 0 Å². The highest BCUT2D eigenvalue weighted by atomic mass is 35.5. The minimum Gasteiger partial charge on any atom is -0.299 e. The normalized spacial score (nSPS) is 18.5. The number of Topliss-reactive ketones (excluding diaryl/α,β-unsaturated/α-hetero) is 1. The van der Waals surface area contributed by atoms with Crippen LogP contribution in [0.2, 0.25) is 5.02 Å². The highest BCUT2D eigenvalue weighted by Gasteiger charge is 2.25. The minimum absolute atomic E-state index is 0.268. The molecule has 1 aliphatic carbocycles. The predicted molar refractivity (Wildman–Crippen MR) is 57.3 cm³/mol. The first-order valence-corrected chi connectivity index (χ1v) is 5.31. The maximum absolute atomic E-state index is 11.7. The quantitative estimate of drug-likeness (QED) is 0.690. The third-order valence-corrected chi connectivity index (χ3v) is 2.95. The Hall–Kier alpha value is -0.820. The molecule has 1 aromatic carbocycles. The van der Waals surface area contributed by atoms with Gasteiger partial charge in [-0.3, -0.25) is 4.79 Å². The van der Waals surface area contributed by atoms with Crippen molar-refractivity contribution in [3.63, 3.8) is 0 Å². The number of carbonyl (C=O) groups is 1. The SMILES string of the molecule is O=C1CCCC[C]1c1ccccc1Cl. The number of halogens is 1. The zero-order valence-corrected chi connectivity index (χ0v) is 8.68. The molecule has 1 radical (unpaired) electrons. The fourth-order valence-corrected chi connectivity index (χ4v) is 2.12. The van der Waals surface area contributed by atoms with Gasteiger partial charge in [0.25, 0.3) is 0 Å². The molecule has 0 bridgehead atoms. The summed E-state index contributed by atoms with van der Waals surface area (Å²) >= 11 is 6.05. The average molecular weight is 208 g/mol. The van der Waals surface area contributed by atoms with E-state index in [4.69, 9.17) is 11.6 Å². The molecule has 0 aromatic heterocycles. The molecular formula is C12H12ClO. The van der Waals surface area contributed by atoms with Crippen LogP contribution in [-0.4, -0.2) is 5.78 Å². The van der Waals surface area contributed by atoms with E-state index < -0.39 is 0 Å². The largest absolute Gasteiger partial charge is 0.299 e. The van der Waals surface area contributed by atoms with Crippen LogP contribution in [0.15, 0.2) is 24.3 Å². The Morgan fingerprint density at radius 3 is 2.50 bits per heavy atom. The lowest BCUT2D eigenvalue weighted by atomic mass is 9.83. The van der Waals surface area contributed by atoms with E-state index in [1.54, 1.807) is 0 Å². The third kappa shape index (κ3) is 1.83. The summed E-state index contributed by atoms with van der Waals surface area (Å²) in [5.41, 5.74) is 0.930. The van der Waals surface area contributed by atoms with Crippen LogP contribution < -0.4 is 0 Å². The van der Waals surface area contributed by atoms with Crippen molar-refractivity contribution in [2.45, 2.75) is 25.7 Å². The van der Waals surface area contributed by atoms with Crippen LogP contribution in [0.5, 0.6) is 0 Å². The number of hydrogen-bond acceptors (Lipinski definition) is 1. The van der Waals surface area contributed by atoms with Crippen LogP contribution in [-0.2, 0) is 4.79 Å². The van der Waals surface area contributed by atoms with E-state index in [1.165, 1.54) is 0 Å². The summed E-state index contributed by atoms with van der Waals surface area (Å²) in [6.45, 7) is 0. The van der Waals surface area contributed by atoms with Crippen LogP contribution in [0.25, 0.3) is 0 Å². The molecule has 0 heterocycles. The molecule has 0 aliphatic heterocycles. The van der Waals surface area contributed by atoms with Gasteiger partial charge in [-0.1, -0.05) is 36.2 Å². The zero-order chi connectivity index (χ0) is 9.97. The van der Waals surface area contributed by atoms with E-state index in [9.17, 15) is 4.79 Å². The van der Waals surface area contributed by atoms with Crippen molar-refractivity contribution in [1.29, 1.82) is 0 Å². The second-order valence-electron chi connectivity index (χ2n) is 3.59. The third-order valence-electron chi connectivity index (χ3n) is 2.62. The van der Waals surface area contributed by atoms with Gasteiger partial charge in [0.2, 0.25) is 0 Å². The summed E-state index contributed by atoms with van der Waals surface area (Å²) in [4.78, 5) is 11.7. The van der Waals surface area contributed by atoms with Crippen molar-refractivity contribution in [3.05, 3.63) is 40.8 Å². The number of hydrogen-bond donors (Lipinski definition) is 0. The van der Waals surface area contributed by atoms with Gasteiger partial charge < -0.3 is 0 Å². The number of ketones is 1. The van der Waals surface area contributed by atoms with E-state index in [2.05, 4.69) is 0 Å². The van der Waals surface area contributed by atoms with Crippen molar-refractivity contribution >= 4 is 17.4 Å². The average Bonchev–Trinajstić information content (AvgIpc) is 2.20. The van der Waals surface area contributed by atoms with Gasteiger partial charge in [0.15, 0.2) is 0 Å². The second-order valence-corrected chi connectivity index (χ2v) is 4.00. The Kier molecular flexibility index (Phi) is 2.87. The smallest absolute Gasteiger partial charge is 0.144 e. The van der Waals surface area contributed by atoms with Gasteiger partial charge in [0.05, 0.1) is 5.92 Å². The maximum Gasteiger partial charge on any atom is 0.144 e. The first-order valence-electron chi connectivity index (χ1n) is 4.93. The summed E-state index contributed by atoms with van der Waals surface area (Å²) in [6, 6.07) is 7.59. The van der Waals surface area contributed by atoms with Crippen molar-refractivity contribution in [3.8, 4) is 0 Å². The molecule has 0 N–H and O–H groups in total. The Balaban J connectivity index is 2.29. The molecule has 0 spiro atoms. The van der Waals surface area contributed by atoms with Gasteiger partial charge in [-0.05, 0) is 24.5 Å². The second kappa shape index (κ2) is 4.14. The molecule has 1 saturated carbocycles. The first-order chi connectivity index (χ1) is 6.79. The van der Waals surface area contributed by atoms with Crippen LogP contribution in [0.1, 0.15) is 31.2 Å². The summed E-state index contributed by atoms with van der Waals surface area (Å²) in [5, 5.41) is 0.692. The lowest BCUT2D eigenvalue weighted by Gasteiger charge is -2.20. The zero-order valence-electron chi connectivity index (χ0n) is 7.92. The number of carbonyl (C=O) groups excluding carboxylic acids is 1. The summed E-state index contributed by atoms with van der Waals surface area (Å²) in [6.07, 6.45) is 3.68. The summed E-state index contributed by atoms with van der Waals surface area (Å²) in [7, 11) is 0. The minimum atomic E-state index is 0.268. The molecule has 0 atom stereocenters. The molecule has 2 heteroatoms. The molecule has 2 rings (SSSR count). The fourth-order valence-electron chi connectivity index (χ4n) is 1.87. The topological polar surface area (TPSA) is 17.1 Å². The highest BCUT2D eigenvalue weighted by molar-refractivity contribution is 6.32. The molecular weight excluding hydrogens is 196 g/mol. The van der Waals surface area contributed by atoms with Gasteiger partial charge in [-0.15, -0.1) is 0 Å². The van der Waals surface area contributed by atoms with Crippen LogP contribution in [0.4, 0.5) is 0 Å². The lowest BCUT2D eigenvalue weighted by molar-refractivity contribution is -0.118. The maximum atomic E-state index is 11.7. The molecule has 1 nitrogen and oxygen atoms in total. The molecule has 0 saturated heterocycles. The Morgan fingerprint density at radius 2 is 1.79 bits per heavy atom. The summed E-state index contributed by atoms with van der Waals surface area (Å²) < 4.78 is 0. The molecule has 73 valence electrons. The molecule has 1 aromatic rings. The highest BCUT2D eigenvalue weighted by Crippen LogP contribution is 2.32. The van der Waals surface area contributed by atoms with Crippen molar-refractivity contribution < 1.29 is 4.79 Å².